The maximum atomic E-state index is 12.7. The van der Waals surface area contributed by atoms with Crippen molar-refractivity contribution in [1.82, 2.24) is 0 Å². The molecule has 0 saturated heterocycles. The van der Waals surface area contributed by atoms with Crippen molar-refractivity contribution >= 4 is 17.5 Å². The second kappa shape index (κ2) is 6.20. The molecule has 0 aliphatic heterocycles. The van der Waals surface area contributed by atoms with Gasteiger partial charge >= 0.3 is 5.97 Å². The molecule has 1 fully saturated rings. The predicted molar refractivity (Wildman–Crippen MR) is 77.9 cm³/mol. The molecule has 112 valence electrons. The molecule has 1 aromatic rings. The molecule has 0 bridgehead atoms. The highest BCUT2D eigenvalue weighted by molar-refractivity contribution is 6.11. The Labute approximate surface area is 124 Å². The molecule has 0 amide bonds. The average Bonchev–Trinajstić information content (AvgIpc) is 2.93. The molecule has 1 aliphatic rings. The minimum absolute atomic E-state index is 0.142. The summed E-state index contributed by atoms with van der Waals surface area (Å²) in [6, 6.07) is 8.83. The number of ether oxygens (including phenoxy) is 1. The maximum Gasteiger partial charge on any atom is 0.320 e. The molecule has 0 spiro atoms. The fourth-order valence-electron chi connectivity index (χ4n) is 3.23. The van der Waals surface area contributed by atoms with Crippen LogP contribution >= 0.6 is 0 Å². The Balaban J connectivity index is 2.39. The highest BCUT2D eigenvalue weighted by Crippen LogP contribution is 2.46. The van der Waals surface area contributed by atoms with Gasteiger partial charge in [-0.1, -0.05) is 36.8 Å². The smallest absolute Gasteiger partial charge is 0.320 e. The van der Waals surface area contributed by atoms with Crippen molar-refractivity contribution < 1.29 is 19.1 Å². The van der Waals surface area contributed by atoms with Crippen molar-refractivity contribution in [1.29, 1.82) is 0 Å². The van der Waals surface area contributed by atoms with Crippen molar-refractivity contribution in [2.75, 3.05) is 6.61 Å². The van der Waals surface area contributed by atoms with Crippen molar-refractivity contribution in [2.24, 2.45) is 11.3 Å². The molecule has 2 rings (SSSR count). The van der Waals surface area contributed by atoms with Crippen molar-refractivity contribution in [3.63, 3.8) is 0 Å². The van der Waals surface area contributed by atoms with Crippen LogP contribution < -0.4 is 0 Å². The van der Waals surface area contributed by atoms with Crippen LogP contribution in [0.5, 0.6) is 0 Å². The zero-order chi connectivity index (χ0) is 15.5. The lowest BCUT2D eigenvalue weighted by molar-refractivity contribution is -0.161. The molecule has 21 heavy (non-hydrogen) atoms. The maximum absolute atomic E-state index is 12.7. The van der Waals surface area contributed by atoms with E-state index in [4.69, 9.17) is 4.74 Å². The Morgan fingerprint density at radius 1 is 1.24 bits per heavy atom. The van der Waals surface area contributed by atoms with Crippen LogP contribution in [0.3, 0.4) is 0 Å². The van der Waals surface area contributed by atoms with E-state index < -0.39 is 17.3 Å². The van der Waals surface area contributed by atoms with Crippen molar-refractivity contribution in [3.8, 4) is 0 Å². The van der Waals surface area contributed by atoms with Gasteiger partial charge in [-0.25, -0.2) is 0 Å². The second-order valence-corrected chi connectivity index (χ2v) is 5.42. The highest BCUT2D eigenvalue weighted by atomic mass is 16.5. The SMILES string of the molecule is CCOC(=O)[C@@]1(C(C)=O)CCC[C@H]1C(=O)c1ccccc1. The lowest BCUT2D eigenvalue weighted by Gasteiger charge is -2.29. The summed E-state index contributed by atoms with van der Waals surface area (Å²) in [5.41, 5.74) is -0.762. The van der Waals surface area contributed by atoms with Crippen LogP contribution in [0.2, 0.25) is 0 Å². The third-order valence-corrected chi connectivity index (χ3v) is 4.30. The third-order valence-electron chi connectivity index (χ3n) is 4.30. The van der Waals surface area contributed by atoms with Crippen molar-refractivity contribution in [3.05, 3.63) is 35.9 Å². The molecule has 0 radical (unpaired) electrons. The van der Waals surface area contributed by atoms with E-state index in [1.165, 1.54) is 6.92 Å². The van der Waals surface area contributed by atoms with E-state index in [-0.39, 0.29) is 18.2 Å². The first kappa shape index (κ1) is 15.4. The zero-order valence-electron chi connectivity index (χ0n) is 12.4. The van der Waals surface area contributed by atoms with Crippen LogP contribution in [-0.2, 0) is 14.3 Å². The summed E-state index contributed by atoms with van der Waals surface area (Å²) in [7, 11) is 0. The first-order valence-electron chi connectivity index (χ1n) is 7.31. The van der Waals surface area contributed by atoms with E-state index in [1.807, 2.05) is 6.07 Å². The van der Waals surface area contributed by atoms with Gasteiger partial charge in [-0.3, -0.25) is 14.4 Å². The summed E-state index contributed by atoms with van der Waals surface area (Å²) in [5.74, 6) is -1.58. The standard InChI is InChI=1S/C17H20O4/c1-3-21-16(20)17(12(2)18)11-7-10-14(17)15(19)13-8-5-4-6-9-13/h4-6,8-9,14H,3,7,10-11H2,1-2H3/t14-,17+/m0/s1. The number of ketones is 2. The van der Waals surface area contributed by atoms with Gasteiger partial charge in [0.05, 0.1) is 6.61 Å². The summed E-state index contributed by atoms with van der Waals surface area (Å²) >= 11 is 0. The highest BCUT2D eigenvalue weighted by Gasteiger charge is 2.56. The normalized spacial score (nSPS) is 24.6. The lowest BCUT2D eigenvalue weighted by atomic mass is 9.71. The quantitative estimate of drug-likeness (QED) is 0.475. The molecule has 1 aromatic carbocycles. The monoisotopic (exact) mass is 288 g/mol. The van der Waals surface area contributed by atoms with Crippen LogP contribution in [0.4, 0.5) is 0 Å². The van der Waals surface area contributed by atoms with Gasteiger partial charge in [-0.15, -0.1) is 0 Å². The molecule has 4 heteroatoms. The largest absolute Gasteiger partial charge is 0.465 e. The fraction of sp³-hybridized carbons (Fsp3) is 0.471. The molecule has 0 aromatic heterocycles. The van der Waals surface area contributed by atoms with Crippen LogP contribution in [-0.4, -0.2) is 24.1 Å². The van der Waals surface area contributed by atoms with E-state index in [0.29, 0.717) is 24.8 Å². The Morgan fingerprint density at radius 3 is 2.48 bits per heavy atom. The third kappa shape index (κ3) is 2.62. The number of esters is 1. The number of rotatable bonds is 5. The minimum Gasteiger partial charge on any atom is -0.465 e. The zero-order valence-corrected chi connectivity index (χ0v) is 12.4. The number of carbonyl (C=O) groups excluding carboxylic acids is 3. The number of hydrogen-bond donors (Lipinski definition) is 0. The Bertz CT molecular complexity index is 549. The first-order chi connectivity index (χ1) is 10.0. The number of hydrogen-bond acceptors (Lipinski definition) is 4. The molecule has 4 nitrogen and oxygen atoms in total. The van der Waals surface area contributed by atoms with Gasteiger partial charge in [0, 0.05) is 11.5 Å². The topological polar surface area (TPSA) is 60.4 Å². The van der Waals surface area contributed by atoms with Crippen LogP contribution in [0.1, 0.15) is 43.5 Å². The summed E-state index contributed by atoms with van der Waals surface area (Å²) in [5, 5.41) is 0. The summed E-state index contributed by atoms with van der Waals surface area (Å²) in [6.45, 7) is 3.29. The first-order valence-corrected chi connectivity index (χ1v) is 7.31. The minimum atomic E-state index is -1.30. The molecular weight excluding hydrogens is 268 g/mol. The fourth-order valence-corrected chi connectivity index (χ4v) is 3.23. The second-order valence-electron chi connectivity index (χ2n) is 5.42. The predicted octanol–water partition coefficient (Wildman–Crippen LogP) is 2.81. The van der Waals surface area contributed by atoms with E-state index in [2.05, 4.69) is 0 Å². The number of carbonyl (C=O) groups is 3. The van der Waals surface area contributed by atoms with Crippen LogP contribution in [0.25, 0.3) is 0 Å². The molecule has 0 N–H and O–H groups in total. The van der Waals surface area contributed by atoms with Gasteiger partial charge in [0.2, 0.25) is 0 Å². The molecule has 0 heterocycles. The molecule has 2 atom stereocenters. The van der Waals surface area contributed by atoms with Crippen LogP contribution in [0, 0.1) is 11.3 Å². The number of benzene rings is 1. The van der Waals surface area contributed by atoms with E-state index in [0.717, 1.165) is 0 Å². The van der Waals surface area contributed by atoms with Gasteiger partial charge in [0.15, 0.2) is 5.78 Å². The van der Waals surface area contributed by atoms with Gasteiger partial charge in [0.25, 0.3) is 0 Å². The van der Waals surface area contributed by atoms with Gasteiger partial charge in [-0.2, -0.15) is 0 Å². The lowest BCUT2D eigenvalue weighted by Crippen LogP contribution is -2.45. The van der Waals surface area contributed by atoms with E-state index in [1.54, 1.807) is 31.2 Å². The Morgan fingerprint density at radius 2 is 1.90 bits per heavy atom. The summed E-state index contributed by atoms with van der Waals surface area (Å²) in [4.78, 5) is 37.3. The molecule has 0 unspecified atom stereocenters. The van der Waals surface area contributed by atoms with Gasteiger partial charge in [0.1, 0.15) is 11.2 Å². The van der Waals surface area contributed by atoms with Gasteiger partial charge < -0.3 is 4.74 Å². The average molecular weight is 288 g/mol. The Hall–Kier alpha value is -1.97. The molecule has 1 aliphatic carbocycles. The number of Topliss-reactive ketones (excluding diaryl/α,β-unsaturated/α-hetero) is 2. The van der Waals surface area contributed by atoms with Crippen molar-refractivity contribution in [2.45, 2.75) is 33.1 Å². The van der Waals surface area contributed by atoms with E-state index >= 15 is 0 Å². The summed E-state index contributed by atoms with van der Waals surface area (Å²) in [6.07, 6.45) is 1.62. The molecular formula is C17H20O4. The van der Waals surface area contributed by atoms with Gasteiger partial charge in [-0.05, 0) is 26.7 Å². The summed E-state index contributed by atoms with van der Waals surface area (Å²) < 4.78 is 5.09. The molecule has 1 saturated carbocycles. The Kier molecular flexibility index (Phi) is 4.56. The van der Waals surface area contributed by atoms with E-state index in [9.17, 15) is 14.4 Å². The van der Waals surface area contributed by atoms with Crippen LogP contribution in [0.15, 0.2) is 30.3 Å².